The third-order valence-electron chi connectivity index (χ3n) is 3.61. The molecule has 0 heterocycles. The summed E-state index contributed by atoms with van der Waals surface area (Å²) in [6.07, 6.45) is -0.669. The molecule has 2 aromatic carbocycles. The van der Waals surface area contributed by atoms with Gasteiger partial charge in [-0.3, -0.25) is 4.79 Å². The number of carbonyl (C=O) groups excluding carboxylic acids is 1. The molecule has 130 valence electrons. The van der Waals surface area contributed by atoms with Gasteiger partial charge in [-0.25, -0.2) is 0 Å². The Kier molecular flexibility index (Phi) is 6.24. The largest absolute Gasteiger partial charge is 0.497 e. The quantitative estimate of drug-likeness (QED) is 0.838. The second-order valence-electron chi connectivity index (χ2n) is 5.29. The van der Waals surface area contributed by atoms with Gasteiger partial charge in [0.1, 0.15) is 17.2 Å². The van der Waals surface area contributed by atoms with E-state index in [2.05, 4.69) is 5.32 Å². The van der Waals surface area contributed by atoms with Crippen LogP contribution in [0, 0.1) is 11.3 Å². The smallest absolute Gasteiger partial charge is 0.261 e. The predicted molar refractivity (Wildman–Crippen MR) is 92.6 cm³/mol. The molecule has 1 unspecified atom stereocenters. The number of benzene rings is 2. The number of amides is 1. The van der Waals surface area contributed by atoms with Crippen LogP contribution in [0.1, 0.15) is 18.1 Å². The Morgan fingerprint density at radius 2 is 1.80 bits per heavy atom. The molecule has 0 saturated carbocycles. The third kappa shape index (κ3) is 4.88. The van der Waals surface area contributed by atoms with Crippen LogP contribution in [0.25, 0.3) is 0 Å². The van der Waals surface area contributed by atoms with Gasteiger partial charge in [0.25, 0.3) is 5.91 Å². The molecule has 2 rings (SSSR count). The number of nitrogens with one attached hydrogen (secondary N) is 1. The molecule has 25 heavy (non-hydrogen) atoms. The number of carbonyl (C=O) groups is 1. The first kappa shape index (κ1) is 18.1. The lowest BCUT2D eigenvalue weighted by Crippen LogP contribution is -2.35. The van der Waals surface area contributed by atoms with E-state index in [0.29, 0.717) is 29.4 Å². The molecule has 1 atom stereocenters. The fraction of sp³-hybridized carbons (Fsp3) is 0.263. The summed E-state index contributed by atoms with van der Waals surface area (Å²) in [5, 5.41) is 11.6. The van der Waals surface area contributed by atoms with Gasteiger partial charge in [0.05, 0.1) is 25.9 Å². The number of rotatable bonds is 7. The van der Waals surface area contributed by atoms with Crippen molar-refractivity contribution in [3.05, 3.63) is 53.6 Å². The van der Waals surface area contributed by atoms with Gasteiger partial charge in [-0.05, 0) is 43.3 Å². The van der Waals surface area contributed by atoms with Crippen molar-refractivity contribution >= 4 is 5.91 Å². The number of nitrogens with zero attached hydrogens (tertiary/aromatic N) is 1. The van der Waals surface area contributed by atoms with Gasteiger partial charge >= 0.3 is 0 Å². The second kappa shape index (κ2) is 8.60. The highest BCUT2D eigenvalue weighted by molar-refractivity contribution is 5.80. The number of hydrogen-bond donors (Lipinski definition) is 1. The van der Waals surface area contributed by atoms with E-state index in [0.717, 1.165) is 5.56 Å². The number of ether oxygens (including phenoxy) is 3. The molecular weight excluding hydrogens is 320 g/mol. The summed E-state index contributed by atoms with van der Waals surface area (Å²) in [6, 6.07) is 14.0. The lowest BCUT2D eigenvalue weighted by molar-refractivity contribution is -0.127. The lowest BCUT2D eigenvalue weighted by Gasteiger charge is -2.16. The van der Waals surface area contributed by atoms with E-state index < -0.39 is 6.10 Å². The molecule has 0 aromatic heterocycles. The first-order chi connectivity index (χ1) is 12.1. The highest BCUT2D eigenvalue weighted by Gasteiger charge is 2.15. The SMILES string of the molecule is COc1ccc(CNC(=O)C(C)Oc2ccc(C#N)cc2)c(OC)c1. The topological polar surface area (TPSA) is 80.6 Å². The fourth-order valence-corrected chi connectivity index (χ4v) is 2.19. The zero-order valence-corrected chi connectivity index (χ0v) is 14.4. The molecule has 0 aliphatic heterocycles. The fourth-order valence-electron chi connectivity index (χ4n) is 2.19. The van der Waals surface area contributed by atoms with Crippen LogP contribution in [0.3, 0.4) is 0 Å². The van der Waals surface area contributed by atoms with E-state index in [1.165, 1.54) is 0 Å². The van der Waals surface area contributed by atoms with Crippen LogP contribution in [0.4, 0.5) is 0 Å². The lowest BCUT2D eigenvalue weighted by atomic mass is 10.2. The van der Waals surface area contributed by atoms with E-state index >= 15 is 0 Å². The first-order valence-electron chi connectivity index (χ1n) is 7.72. The van der Waals surface area contributed by atoms with E-state index in [4.69, 9.17) is 19.5 Å². The Bertz CT molecular complexity index is 766. The van der Waals surface area contributed by atoms with E-state index in [1.54, 1.807) is 57.5 Å². The van der Waals surface area contributed by atoms with Crippen LogP contribution in [0.15, 0.2) is 42.5 Å². The van der Waals surface area contributed by atoms with Gasteiger partial charge in [-0.15, -0.1) is 0 Å². The minimum atomic E-state index is -0.669. The van der Waals surface area contributed by atoms with E-state index in [9.17, 15) is 4.79 Å². The van der Waals surface area contributed by atoms with Crippen molar-refractivity contribution in [2.75, 3.05) is 14.2 Å². The van der Waals surface area contributed by atoms with Crippen molar-refractivity contribution in [1.29, 1.82) is 5.26 Å². The van der Waals surface area contributed by atoms with Crippen LogP contribution in [-0.4, -0.2) is 26.2 Å². The number of nitriles is 1. The molecule has 1 amide bonds. The minimum Gasteiger partial charge on any atom is -0.497 e. The monoisotopic (exact) mass is 340 g/mol. The maximum absolute atomic E-state index is 12.2. The van der Waals surface area contributed by atoms with Crippen LogP contribution in [-0.2, 0) is 11.3 Å². The highest BCUT2D eigenvalue weighted by Crippen LogP contribution is 2.24. The first-order valence-corrected chi connectivity index (χ1v) is 7.72. The molecule has 1 N–H and O–H groups in total. The summed E-state index contributed by atoms with van der Waals surface area (Å²) in [5.41, 5.74) is 1.37. The molecule has 6 nitrogen and oxygen atoms in total. The van der Waals surface area contributed by atoms with Crippen molar-refractivity contribution in [2.24, 2.45) is 0 Å². The number of methoxy groups -OCH3 is 2. The van der Waals surface area contributed by atoms with Gasteiger partial charge in [0, 0.05) is 18.2 Å². The Labute approximate surface area is 146 Å². The van der Waals surface area contributed by atoms with Gasteiger partial charge < -0.3 is 19.5 Å². The molecule has 0 aliphatic rings. The Morgan fingerprint density at radius 3 is 2.40 bits per heavy atom. The summed E-state index contributed by atoms with van der Waals surface area (Å²) < 4.78 is 16.0. The van der Waals surface area contributed by atoms with E-state index in [-0.39, 0.29) is 5.91 Å². The van der Waals surface area contributed by atoms with Crippen LogP contribution < -0.4 is 19.5 Å². The van der Waals surface area contributed by atoms with Crippen LogP contribution >= 0.6 is 0 Å². The van der Waals surface area contributed by atoms with Crippen molar-refractivity contribution in [3.63, 3.8) is 0 Å². The van der Waals surface area contributed by atoms with Crippen molar-refractivity contribution in [1.82, 2.24) is 5.32 Å². The average molecular weight is 340 g/mol. The van der Waals surface area contributed by atoms with E-state index in [1.807, 2.05) is 12.1 Å². The summed E-state index contributed by atoms with van der Waals surface area (Å²) >= 11 is 0. The van der Waals surface area contributed by atoms with Crippen molar-refractivity contribution < 1.29 is 19.0 Å². The minimum absolute atomic E-state index is 0.248. The van der Waals surface area contributed by atoms with Gasteiger partial charge in [0.15, 0.2) is 6.10 Å². The molecule has 0 bridgehead atoms. The van der Waals surface area contributed by atoms with Crippen molar-refractivity contribution in [3.8, 4) is 23.3 Å². The Hall–Kier alpha value is -3.20. The van der Waals surface area contributed by atoms with Gasteiger partial charge in [-0.1, -0.05) is 0 Å². The van der Waals surface area contributed by atoms with Crippen molar-refractivity contribution in [2.45, 2.75) is 19.6 Å². The maximum atomic E-state index is 12.2. The summed E-state index contributed by atoms with van der Waals surface area (Å²) in [4.78, 5) is 12.2. The predicted octanol–water partition coefficient (Wildman–Crippen LogP) is 2.66. The standard InChI is InChI=1S/C19H20N2O4/c1-13(25-16-7-4-14(11-20)5-8-16)19(22)21-12-15-6-9-17(23-2)10-18(15)24-3/h4-10,13H,12H2,1-3H3,(H,21,22). The van der Waals surface area contributed by atoms with Gasteiger partial charge in [-0.2, -0.15) is 5.26 Å². The summed E-state index contributed by atoms with van der Waals surface area (Å²) in [7, 11) is 3.15. The zero-order chi connectivity index (χ0) is 18.2. The third-order valence-corrected chi connectivity index (χ3v) is 3.61. The molecule has 0 radical (unpaired) electrons. The van der Waals surface area contributed by atoms with Crippen LogP contribution in [0.5, 0.6) is 17.2 Å². The molecule has 0 saturated heterocycles. The normalized spacial score (nSPS) is 11.1. The van der Waals surface area contributed by atoms with Gasteiger partial charge in [0.2, 0.25) is 0 Å². The zero-order valence-electron chi connectivity index (χ0n) is 14.4. The molecule has 0 fully saturated rings. The highest BCUT2D eigenvalue weighted by atomic mass is 16.5. The Morgan fingerprint density at radius 1 is 1.12 bits per heavy atom. The Balaban J connectivity index is 1.94. The molecule has 2 aromatic rings. The average Bonchev–Trinajstić information content (AvgIpc) is 2.66. The maximum Gasteiger partial charge on any atom is 0.261 e. The second-order valence-corrected chi connectivity index (χ2v) is 5.29. The molecule has 6 heteroatoms. The summed E-state index contributed by atoms with van der Waals surface area (Å²) in [6.45, 7) is 1.98. The van der Waals surface area contributed by atoms with Crippen LogP contribution in [0.2, 0.25) is 0 Å². The summed E-state index contributed by atoms with van der Waals surface area (Å²) in [5.74, 6) is 1.61. The number of hydrogen-bond acceptors (Lipinski definition) is 5. The molecular formula is C19H20N2O4. The molecule has 0 aliphatic carbocycles. The molecule has 0 spiro atoms.